The molecular formula is C14H10FN2. The molecule has 0 aliphatic heterocycles. The molecule has 0 aliphatic rings. The Balaban J connectivity index is 2.26. The molecule has 0 aliphatic carbocycles. The lowest BCUT2D eigenvalue weighted by Gasteiger charge is -2.08. The van der Waals surface area contributed by atoms with E-state index < -0.39 is 0 Å². The lowest BCUT2D eigenvalue weighted by atomic mass is 10.1. The zero-order valence-corrected chi connectivity index (χ0v) is 9.02. The molecular weight excluding hydrogens is 215 g/mol. The molecule has 2 rings (SSSR count). The summed E-state index contributed by atoms with van der Waals surface area (Å²) < 4.78 is 13.5. The fourth-order valence-electron chi connectivity index (χ4n) is 1.48. The Morgan fingerprint density at radius 2 is 1.88 bits per heavy atom. The zero-order chi connectivity index (χ0) is 12.1. The van der Waals surface area contributed by atoms with Gasteiger partial charge in [-0.1, -0.05) is 24.3 Å². The Kier molecular flexibility index (Phi) is 3.37. The highest BCUT2D eigenvalue weighted by atomic mass is 19.1. The molecule has 0 fully saturated rings. The minimum Gasteiger partial charge on any atom is -0.353 e. The van der Waals surface area contributed by atoms with Gasteiger partial charge in [-0.25, -0.2) is 4.39 Å². The van der Waals surface area contributed by atoms with Crippen LogP contribution in [0, 0.1) is 23.6 Å². The van der Waals surface area contributed by atoms with Gasteiger partial charge in [0, 0.05) is 5.69 Å². The SMILES string of the molecule is N#C[CH]c1ccc(F)c(Nc2ccccc2)c1. The van der Waals surface area contributed by atoms with Crippen molar-refractivity contribution in [2.75, 3.05) is 5.32 Å². The maximum Gasteiger partial charge on any atom is 0.146 e. The molecule has 0 saturated heterocycles. The molecule has 0 bridgehead atoms. The number of halogens is 1. The lowest BCUT2D eigenvalue weighted by molar-refractivity contribution is 0.631. The Bertz CT molecular complexity index is 544. The number of para-hydroxylation sites is 1. The summed E-state index contributed by atoms with van der Waals surface area (Å²) in [5, 5.41) is 11.5. The third kappa shape index (κ3) is 2.82. The van der Waals surface area contributed by atoms with E-state index in [2.05, 4.69) is 5.32 Å². The predicted molar refractivity (Wildman–Crippen MR) is 65.1 cm³/mol. The summed E-state index contributed by atoms with van der Waals surface area (Å²) in [6.07, 6.45) is 1.37. The van der Waals surface area contributed by atoms with E-state index in [0.29, 0.717) is 11.3 Å². The van der Waals surface area contributed by atoms with Crippen LogP contribution in [0.4, 0.5) is 15.8 Å². The van der Waals surface area contributed by atoms with E-state index in [9.17, 15) is 4.39 Å². The number of nitriles is 1. The Morgan fingerprint density at radius 3 is 2.59 bits per heavy atom. The van der Waals surface area contributed by atoms with Crippen molar-refractivity contribution < 1.29 is 4.39 Å². The highest BCUT2D eigenvalue weighted by Gasteiger charge is 2.03. The van der Waals surface area contributed by atoms with E-state index >= 15 is 0 Å². The molecule has 0 atom stereocenters. The molecule has 1 radical (unpaired) electrons. The van der Waals surface area contributed by atoms with E-state index in [4.69, 9.17) is 5.26 Å². The summed E-state index contributed by atoms with van der Waals surface area (Å²) >= 11 is 0. The van der Waals surface area contributed by atoms with Crippen LogP contribution >= 0.6 is 0 Å². The average molecular weight is 225 g/mol. The molecule has 0 spiro atoms. The fourth-order valence-corrected chi connectivity index (χ4v) is 1.48. The number of rotatable bonds is 3. The summed E-state index contributed by atoms with van der Waals surface area (Å²) in [7, 11) is 0. The molecule has 3 heteroatoms. The molecule has 1 N–H and O–H groups in total. The largest absolute Gasteiger partial charge is 0.353 e. The molecule has 17 heavy (non-hydrogen) atoms. The number of anilines is 2. The second-order valence-electron chi connectivity index (χ2n) is 3.50. The first-order valence-electron chi connectivity index (χ1n) is 5.14. The number of hydrogen-bond acceptors (Lipinski definition) is 2. The molecule has 0 unspecified atom stereocenters. The van der Waals surface area contributed by atoms with Gasteiger partial charge in [0.15, 0.2) is 0 Å². The molecule has 0 heterocycles. The van der Waals surface area contributed by atoms with Crippen molar-refractivity contribution >= 4 is 11.4 Å². The Morgan fingerprint density at radius 1 is 1.12 bits per heavy atom. The second-order valence-corrected chi connectivity index (χ2v) is 3.50. The maximum atomic E-state index is 13.5. The molecule has 0 amide bonds. The first kappa shape index (κ1) is 11.2. The van der Waals surface area contributed by atoms with Gasteiger partial charge in [-0.15, -0.1) is 0 Å². The maximum absolute atomic E-state index is 13.5. The van der Waals surface area contributed by atoms with E-state index in [1.54, 1.807) is 12.1 Å². The van der Waals surface area contributed by atoms with Crippen molar-refractivity contribution in [2.45, 2.75) is 0 Å². The standard InChI is InChI=1S/C14H10FN2/c15-13-7-6-11(8-9-16)10-14(13)17-12-4-2-1-3-5-12/h1-8,10,17H. The highest BCUT2D eigenvalue weighted by Crippen LogP contribution is 2.21. The zero-order valence-electron chi connectivity index (χ0n) is 9.02. The molecule has 83 valence electrons. The van der Waals surface area contributed by atoms with E-state index in [1.807, 2.05) is 36.4 Å². The van der Waals surface area contributed by atoms with Crippen LogP contribution in [0.1, 0.15) is 5.56 Å². The van der Waals surface area contributed by atoms with E-state index in [1.165, 1.54) is 12.5 Å². The van der Waals surface area contributed by atoms with Crippen LogP contribution in [0.3, 0.4) is 0 Å². The van der Waals surface area contributed by atoms with Crippen LogP contribution in [0.15, 0.2) is 48.5 Å². The Hall–Kier alpha value is -2.34. The molecule has 2 nitrogen and oxygen atoms in total. The van der Waals surface area contributed by atoms with Gasteiger partial charge in [-0.2, -0.15) is 5.26 Å². The first-order chi connectivity index (χ1) is 8.29. The molecule has 0 aromatic heterocycles. The van der Waals surface area contributed by atoms with Gasteiger partial charge in [0.1, 0.15) is 5.82 Å². The van der Waals surface area contributed by atoms with Crippen molar-refractivity contribution in [2.24, 2.45) is 0 Å². The fraction of sp³-hybridized carbons (Fsp3) is 0. The topological polar surface area (TPSA) is 35.8 Å². The van der Waals surface area contributed by atoms with Crippen molar-refractivity contribution in [3.63, 3.8) is 0 Å². The Labute approximate surface area is 99.3 Å². The van der Waals surface area contributed by atoms with E-state index in [0.717, 1.165) is 5.69 Å². The summed E-state index contributed by atoms with van der Waals surface area (Å²) in [6.45, 7) is 0. The van der Waals surface area contributed by atoms with Crippen molar-refractivity contribution in [3.05, 3.63) is 66.3 Å². The van der Waals surface area contributed by atoms with Crippen LogP contribution < -0.4 is 5.32 Å². The monoisotopic (exact) mass is 225 g/mol. The predicted octanol–water partition coefficient (Wildman–Crippen LogP) is 3.65. The lowest BCUT2D eigenvalue weighted by Crippen LogP contribution is -1.94. The van der Waals surface area contributed by atoms with Gasteiger partial charge in [-0.05, 0) is 29.8 Å². The molecule has 2 aromatic carbocycles. The minimum absolute atomic E-state index is 0.344. The number of nitrogens with one attached hydrogen (secondary N) is 1. The molecule has 0 saturated carbocycles. The summed E-state index contributed by atoms with van der Waals surface area (Å²) in [4.78, 5) is 0. The van der Waals surface area contributed by atoms with Gasteiger partial charge in [-0.3, -0.25) is 0 Å². The second kappa shape index (κ2) is 5.13. The third-order valence-electron chi connectivity index (χ3n) is 2.27. The van der Waals surface area contributed by atoms with Crippen molar-refractivity contribution in [1.82, 2.24) is 0 Å². The van der Waals surface area contributed by atoms with Crippen LogP contribution in [-0.2, 0) is 0 Å². The summed E-state index contributed by atoms with van der Waals surface area (Å²) in [5.74, 6) is -0.344. The average Bonchev–Trinajstić information content (AvgIpc) is 2.35. The van der Waals surface area contributed by atoms with Crippen LogP contribution in [-0.4, -0.2) is 0 Å². The highest BCUT2D eigenvalue weighted by molar-refractivity contribution is 5.61. The van der Waals surface area contributed by atoms with Gasteiger partial charge in [0.05, 0.1) is 18.2 Å². The summed E-state index contributed by atoms with van der Waals surface area (Å²) in [6, 6.07) is 15.7. The van der Waals surface area contributed by atoms with Gasteiger partial charge >= 0.3 is 0 Å². The number of hydrogen-bond donors (Lipinski definition) is 1. The quantitative estimate of drug-likeness (QED) is 0.865. The first-order valence-corrected chi connectivity index (χ1v) is 5.14. The van der Waals surface area contributed by atoms with Gasteiger partial charge in [0.25, 0.3) is 0 Å². The molecule has 2 aromatic rings. The van der Waals surface area contributed by atoms with Gasteiger partial charge in [0.2, 0.25) is 0 Å². The third-order valence-corrected chi connectivity index (χ3v) is 2.27. The van der Waals surface area contributed by atoms with Crippen LogP contribution in [0.2, 0.25) is 0 Å². The normalized spacial score (nSPS) is 9.65. The van der Waals surface area contributed by atoms with Crippen molar-refractivity contribution in [1.29, 1.82) is 5.26 Å². The summed E-state index contributed by atoms with van der Waals surface area (Å²) in [5.41, 5.74) is 1.84. The number of nitrogens with zero attached hydrogens (tertiary/aromatic N) is 1. The van der Waals surface area contributed by atoms with Crippen molar-refractivity contribution in [3.8, 4) is 6.07 Å². The van der Waals surface area contributed by atoms with Crippen LogP contribution in [0.5, 0.6) is 0 Å². The minimum atomic E-state index is -0.344. The van der Waals surface area contributed by atoms with E-state index in [-0.39, 0.29) is 5.82 Å². The smallest absolute Gasteiger partial charge is 0.146 e. The van der Waals surface area contributed by atoms with Gasteiger partial charge < -0.3 is 5.32 Å². The number of benzene rings is 2. The van der Waals surface area contributed by atoms with Crippen LogP contribution in [0.25, 0.3) is 0 Å².